The van der Waals surface area contributed by atoms with E-state index in [1.807, 2.05) is 17.0 Å². The SMILES string of the molecule is CC12Nc3ccc(Cl)cc3C(=O)N1CCc1c2sc2ccccc12. The summed E-state index contributed by atoms with van der Waals surface area (Å²) >= 11 is 7.87. The number of fused-ring (bicyclic) bond motifs is 6. The van der Waals surface area contributed by atoms with E-state index in [4.69, 9.17) is 11.6 Å². The zero-order chi connectivity index (χ0) is 16.5. The van der Waals surface area contributed by atoms with Crippen LogP contribution in [0.15, 0.2) is 42.5 Å². The fourth-order valence-electron chi connectivity index (χ4n) is 3.95. The van der Waals surface area contributed by atoms with E-state index in [0.29, 0.717) is 17.1 Å². The van der Waals surface area contributed by atoms with Gasteiger partial charge in [-0.2, -0.15) is 0 Å². The van der Waals surface area contributed by atoms with Gasteiger partial charge in [0.25, 0.3) is 5.91 Å². The third-order valence-electron chi connectivity index (χ3n) is 5.10. The number of nitrogens with zero attached hydrogens (tertiary/aromatic N) is 1. The Labute approximate surface area is 148 Å². The van der Waals surface area contributed by atoms with Crippen molar-refractivity contribution < 1.29 is 4.79 Å². The van der Waals surface area contributed by atoms with Crippen LogP contribution in [0.4, 0.5) is 5.69 Å². The van der Waals surface area contributed by atoms with Crippen LogP contribution in [0.25, 0.3) is 10.1 Å². The summed E-state index contributed by atoms with van der Waals surface area (Å²) in [6, 6.07) is 14.0. The van der Waals surface area contributed by atoms with E-state index in [0.717, 1.165) is 12.1 Å². The molecule has 0 saturated heterocycles. The van der Waals surface area contributed by atoms with Gasteiger partial charge in [0.1, 0.15) is 5.66 Å². The van der Waals surface area contributed by atoms with Crippen molar-refractivity contribution in [1.29, 1.82) is 0 Å². The summed E-state index contributed by atoms with van der Waals surface area (Å²) < 4.78 is 1.28. The van der Waals surface area contributed by atoms with Crippen LogP contribution in [0.1, 0.15) is 27.7 Å². The average Bonchev–Trinajstić information content (AvgIpc) is 2.96. The first-order valence-corrected chi connectivity index (χ1v) is 9.18. The maximum Gasteiger partial charge on any atom is 0.258 e. The lowest BCUT2D eigenvalue weighted by atomic mass is 9.90. The molecule has 0 radical (unpaired) electrons. The van der Waals surface area contributed by atoms with Gasteiger partial charge in [0, 0.05) is 22.0 Å². The zero-order valence-corrected chi connectivity index (χ0v) is 14.7. The predicted molar refractivity (Wildman–Crippen MR) is 99.0 cm³/mol. The van der Waals surface area contributed by atoms with Crippen molar-refractivity contribution in [3.05, 3.63) is 63.5 Å². The minimum Gasteiger partial charge on any atom is -0.358 e. The summed E-state index contributed by atoms with van der Waals surface area (Å²) in [6.45, 7) is 2.82. The van der Waals surface area contributed by atoms with E-state index in [2.05, 4.69) is 36.5 Å². The third kappa shape index (κ3) is 1.75. The molecule has 0 bridgehead atoms. The highest BCUT2D eigenvalue weighted by molar-refractivity contribution is 7.19. The molecule has 0 saturated carbocycles. The Morgan fingerprint density at radius 3 is 2.96 bits per heavy atom. The molecule has 0 aliphatic carbocycles. The number of thiophene rings is 1. The van der Waals surface area contributed by atoms with Crippen LogP contribution in [0.5, 0.6) is 0 Å². The molecule has 0 spiro atoms. The van der Waals surface area contributed by atoms with Gasteiger partial charge in [-0.25, -0.2) is 0 Å². The number of carbonyl (C=O) groups excluding carboxylic acids is 1. The summed E-state index contributed by atoms with van der Waals surface area (Å²) in [5.41, 5.74) is 2.37. The summed E-state index contributed by atoms with van der Waals surface area (Å²) in [5.74, 6) is 0.0526. The lowest BCUT2D eigenvalue weighted by molar-refractivity contribution is 0.0518. The van der Waals surface area contributed by atoms with Gasteiger partial charge in [0.2, 0.25) is 0 Å². The standard InChI is InChI=1S/C19H15ClN2OS/c1-19-17-13(12-4-2-3-5-16(12)24-17)8-9-22(19)18(23)14-10-11(20)6-7-15(14)21-19/h2-7,10,21H,8-9H2,1H3. The van der Waals surface area contributed by atoms with Gasteiger partial charge in [-0.1, -0.05) is 29.8 Å². The molecule has 5 heteroatoms. The lowest BCUT2D eigenvalue weighted by Gasteiger charge is -2.48. The van der Waals surface area contributed by atoms with E-state index in [1.54, 1.807) is 17.4 Å². The second-order valence-electron chi connectivity index (χ2n) is 6.50. The molecule has 2 aromatic carbocycles. The smallest absolute Gasteiger partial charge is 0.258 e. The number of hydrogen-bond acceptors (Lipinski definition) is 3. The quantitative estimate of drug-likeness (QED) is 0.625. The first-order chi connectivity index (χ1) is 11.6. The molecule has 120 valence electrons. The van der Waals surface area contributed by atoms with E-state index in [9.17, 15) is 4.79 Å². The largest absolute Gasteiger partial charge is 0.358 e. The molecule has 24 heavy (non-hydrogen) atoms. The minimum atomic E-state index is -0.505. The van der Waals surface area contributed by atoms with Crippen LogP contribution in [-0.2, 0) is 12.1 Å². The molecule has 5 rings (SSSR count). The maximum absolute atomic E-state index is 13.1. The molecule has 2 aliphatic rings. The highest BCUT2D eigenvalue weighted by Gasteiger charge is 2.47. The van der Waals surface area contributed by atoms with Crippen LogP contribution in [0, 0.1) is 0 Å². The second-order valence-corrected chi connectivity index (χ2v) is 7.99. The highest BCUT2D eigenvalue weighted by Crippen LogP contribution is 2.47. The Morgan fingerprint density at radius 2 is 2.08 bits per heavy atom. The van der Waals surface area contributed by atoms with Gasteiger partial charge in [0.05, 0.1) is 10.4 Å². The number of hydrogen-bond donors (Lipinski definition) is 1. The monoisotopic (exact) mass is 354 g/mol. The molecule has 1 aromatic heterocycles. The number of halogens is 1. The second kappa shape index (κ2) is 4.74. The summed E-state index contributed by atoms with van der Waals surface area (Å²) in [5, 5.41) is 5.51. The molecule has 3 heterocycles. The van der Waals surface area contributed by atoms with E-state index >= 15 is 0 Å². The molecule has 1 N–H and O–H groups in total. The Hall–Kier alpha value is -2.04. The van der Waals surface area contributed by atoms with E-state index in [-0.39, 0.29) is 5.91 Å². The predicted octanol–water partition coefficient (Wildman–Crippen LogP) is 4.85. The first-order valence-electron chi connectivity index (χ1n) is 7.98. The number of benzene rings is 2. The molecular weight excluding hydrogens is 340 g/mol. The lowest BCUT2D eigenvalue weighted by Crippen LogP contribution is -2.58. The van der Waals surface area contributed by atoms with Gasteiger partial charge < -0.3 is 10.2 Å². The molecule has 0 fully saturated rings. The van der Waals surface area contributed by atoms with Crippen LogP contribution >= 0.6 is 22.9 Å². The Bertz CT molecular complexity index is 1010. The molecule has 1 unspecified atom stereocenters. The van der Waals surface area contributed by atoms with Crippen LogP contribution in [0.2, 0.25) is 5.02 Å². The molecule has 3 aromatic rings. The van der Waals surface area contributed by atoms with Crippen molar-refractivity contribution in [2.45, 2.75) is 19.0 Å². The molecular formula is C19H15ClN2OS. The molecule has 3 nitrogen and oxygen atoms in total. The number of nitrogens with one attached hydrogen (secondary N) is 1. The first kappa shape index (κ1) is 14.3. The molecule has 2 aliphatic heterocycles. The Kier molecular flexibility index (Phi) is 2.83. The highest BCUT2D eigenvalue weighted by atomic mass is 35.5. The van der Waals surface area contributed by atoms with Gasteiger partial charge in [-0.05, 0) is 48.6 Å². The van der Waals surface area contributed by atoms with E-state index < -0.39 is 5.66 Å². The minimum absolute atomic E-state index is 0.0526. The number of rotatable bonds is 0. The van der Waals surface area contributed by atoms with Gasteiger partial charge in [-0.15, -0.1) is 11.3 Å². The van der Waals surface area contributed by atoms with Crippen LogP contribution < -0.4 is 5.32 Å². The summed E-state index contributed by atoms with van der Waals surface area (Å²) in [7, 11) is 0. The fourth-order valence-corrected chi connectivity index (χ4v) is 5.48. The third-order valence-corrected chi connectivity index (χ3v) is 6.76. The van der Waals surface area contributed by atoms with E-state index in [1.165, 1.54) is 20.5 Å². The van der Waals surface area contributed by atoms with Gasteiger partial charge in [0.15, 0.2) is 0 Å². The number of amides is 1. The average molecular weight is 355 g/mol. The Morgan fingerprint density at radius 1 is 1.25 bits per heavy atom. The molecule has 1 amide bonds. The van der Waals surface area contributed by atoms with Crippen LogP contribution in [-0.4, -0.2) is 17.4 Å². The van der Waals surface area contributed by atoms with Crippen molar-refractivity contribution >= 4 is 44.6 Å². The Balaban J connectivity index is 1.75. The summed E-state index contributed by atoms with van der Waals surface area (Å²) in [6.07, 6.45) is 0.887. The van der Waals surface area contributed by atoms with Crippen molar-refractivity contribution in [3.63, 3.8) is 0 Å². The molecule has 1 atom stereocenters. The summed E-state index contributed by atoms with van der Waals surface area (Å²) in [4.78, 5) is 16.3. The van der Waals surface area contributed by atoms with Crippen molar-refractivity contribution in [1.82, 2.24) is 4.90 Å². The van der Waals surface area contributed by atoms with Gasteiger partial charge in [-0.3, -0.25) is 4.79 Å². The number of anilines is 1. The zero-order valence-electron chi connectivity index (χ0n) is 13.1. The van der Waals surface area contributed by atoms with Crippen LogP contribution in [0.3, 0.4) is 0 Å². The van der Waals surface area contributed by atoms with Crippen molar-refractivity contribution in [2.75, 3.05) is 11.9 Å². The topological polar surface area (TPSA) is 32.3 Å². The normalized spacial score (nSPS) is 21.9. The maximum atomic E-state index is 13.1. The van der Waals surface area contributed by atoms with Gasteiger partial charge >= 0.3 is 0 Å². The fraction of sp³-hybridized carbons (Fsp3) is 0.211. The van der Waals surface area contributed by atoms with Crippen molar-refractivity contribution in [2.24, 2.45) is 0 Å². The number of carbonyl (C=O) groups is 1. The van der Waals surface area contributed by atoms with Crippen molar-refractivity contribution in [3.8, 4) is 0 Å².